The molecular formula is C16H36O6P2. The second kappa shape index (κ2) is 14.5. The molecule has 0 saturated carbocycles. The van der Waals surface area contributed by atoms with Crippen LogP contribution in [0.1, 0.15) is 66.2 Å². The van der Waals surface area contributed by atoms with Gasteiger partial charge in [-0.1, -0.05) is 25.7 Å². The van der Waals surface area contributed by atoms with Crippen molar-refractivity contribution < 1.29 is 27.2 Å². The Balaban J connectivity index is 3.79. The van der Waals surface area contributed by atoms with E-state index in [9.17, 15) is 9.13 Å². The zero-order valence-electron chi connectivity index (χ0n) is 15.8. The summed E-state index contributed by atoms with van der Waals surface area (Å²) < 4.78 is 45.6. The van der Waals surface area contributed by atoms with E-state index in [-0.39, 0.29) is 0 Å². The third-order valence-electron chi connectivity index (χ3n) is 3.42. The summed E-state index contributed by atoms with van der Waals surface area (Å²) in [6.45, 7) is 8.97. The molecule has 0 bridgehead atoms. The maximum Gasteiger partial charge on any atom is 0.330 e. The molecule has 0 atom stereocenters. The molecule has 0 spiro atoms. The molecule has 0 aromatic rings. The smallest absolute Gasteiger partial charge is 0.309 e. The highest BCUT2D eigenvalue weighted by Gasteiger charge is 2.23. The Bertz CT molecular complexity index is 333. The Hall–Kier alpha value is 0.300. The number of rotatable bonds is 17. The van der Waals surface area contributed by atoms with Crippen molar-refractivity contribution in [2.24, 2.45) is 0 Å². The summed E-state index contributed by atoms with van der Waals surface area (Å²) in [6.07, 6.45) is 6.77. The van der Waals surface area contributed by atoms with Crippen LogP contribution < -0.4 is 0 Å². The van der Waals surface area contributed by atoms with Crippen molar-refractivity contribution in [1.29, 1.82) is 0 Å². The Morgan fingerprint density at radius 3 is 1.00 bits per heavy atom. The predicted octanol–water partition coefficient (Wildman–Crippen LogP) is 5.86. The van der Waals surface area contributed by atoms with Gasteiger partial charge in [0.25, 0.3) is 0 Å². The normalized spacial score (nSPS) is 12.7. The fourth-order valence-corrected chi connectivity index (χ4v) is 5.90. The summed E-state index contributed by atoms with van der Waals surface area (Å²) in [7, 11) is -5.78. The molecule has 0 aromatic heterocycles. The molecule has 0 aliphatic heterocycles. The van der Waals surface area contributed by atoms with Gasteiger partial charge in [-0.25, -0.2) is 0 Å². The predicted molar refractivity (Wildman–Crippen MR) is 99.2 cm³/mol. The lowest BCUT2D eigenvalue weighted by Crippen LogP contribution is -2.01. The number of hydrogen-bond acceptors (Lipinski definition) is 6. The monoisotopic (exact) mass is 386 g/mol. The van der Waals surface area contributed by atoms with Gasteiger partial charge in [-0.3, -0.25) is 9.13 Å². The lowest BCUT2D eigenvalue weighted by Gasteiger charge is -2.17. The van der Waals surface area contributed by atoms with E-state index in [1.54, 1.807) is 0 Å². The molecular weight excluding hydrogens is 350 g/mol. The maximum atomic E-state index is 12.3. The summed E-state index contributed by atoms with van der Waals surface area (Å²) in [6, 6.07) is 0. The van der Waals surface area contributed by atoms with E-state index in [4.69, 9.17) is 18.1 Å². The minimum atomic E-state index is -2.89. The van der Waals surface area contributed by atoms with Gasteiger partial charge in [0.15, 0.2) is 0 Å². The molecule has 0 radical (unpaired) electrons. The zero-order chi connectivity index (χ0) is 18.3. The summed E-state index contributed by atoms with van der Waals surface area (Å²) in [5.41, 5.74) is 0. The Morgan fingerprint density at radius 1 is 0.500 bits per heavy atom. The highest BCUT2D eigenvalue weighted by atomic mass is 31.2. The van der Waals surface area contributed by atoms with Crippen molar-refractivity contribution in [3.05, 3.63) is 0 Å². The highest BCUT2D eigenvalue weighted by molar-refractivity contribution is 7.54. The minimum Gasteiger partial charge on any atom is -0.309 e. The Labute approximate surface area is 148 Å². The molecule has 0 amide bonds. The van der Waals surface area contributed by atoms with Crippen LogP contribution in [-0.2, 0) is 27.2 Å². The van der Waals surface area contributed by atoms with Gasteiger partial charge >= 0.3 is 15.2 Å². The molecule has 0 aliphatic carbocycles. The number of hydrogen-bond donors (Lipinski definition) is 0. The first-order valence-electron chi connectivity index (χ1n) is 9.21. The van der Waals surface area contributed by atoms with E-state index in [0.717, 1.165) is 38.5 Å². The SMILES string of the molecule is CCOP(=O)(CCCCCCCCP(=O)(OCC)OCC)OCC. The Kier molecular flexibility index (Phi) is 14.6. The van der Waals surface area contributed by atoms with Crippen LogP contribution in [0.15, 0.2) is 0 Å². The Morgan fingerprint density at radius 2 is 0.750 bits per heavy atom. The first-order chi connectivity index (χ1) is 11.4. The van der Waals surface area contributed by atoms with Crippen LogP contribution in [0.25, 0.3) is 0 Å². The zero-order valence-corrected chi connectivity index (χ0v) is 17.6. The molecule has 6 nitrogen and oxygen atoms in total. The van der Waals surface area contributed by atoms with E-state index in [1.165, 1.54) is 0 Å². The van der Waals surface area contributed by atoms with Crippen LogP contribution in [0.2, 0.25) is 0 Å². The van der Waals surface area contributed by atoms with Crippen LogP contribution in [0.5, 0.6) is 0 Å². The van der Waals surface area contributed by atoms with Crippen molar-refractivity contribution in [3.8, 4) is 0 Å². The van der Waals surface area contributed by atoms with E-state index in [2.05, 4.69) is 0 Å². The lowest BCUT2D eigenvalue weighted by atomic mass is 10.1. The quantitative estimate of drug-likeness (QED) is 0.230. The van der Waals surface area contributed by atoms with Gasteiger partial charge in [0.1, 0.15) is 0 Å². The molecule has 0 unspecified atom stereocenters. The summed E-state index contributed by atoms with van der Waals surface area (Å²) in [5.74, 6) is 0. The van der Waals surface area contributed by atoms with E-state index >= 15 is 0 Å². The third-order valence-corrected chi connectivity index (χ3v) is 7.75. The molecule has 0 rings (SSSR count). The molecule has 0 fully saturated rings. The van der Waals surface area contributed by atoms with Crippen LogP contribution in [-0.4, -0.2) is 38.8 Å². The van der Waals surface area contributed by atoms with E-state index in [0.29, 0.717) is 38.8 Å². The lowest BCUT2D eigenvalue weighted by molar-refractivity contribution is 0.218. The fourth-order valence-electron chi connectivity index (χ4n) is 2.44. The van der Waals surface area contributed by atoms with Crippen molar-refractivity contribution in [3.63, 3.8) is 0 Å². The van der Waals surface area contributed by atoms with Gasteiger partial charge in [0, 0.05) is 0 Å². The van der Waals surface area contributed by atoms with Gasteiger partial charge in [-0.2, -0.15) is 0 Å². The second-order valence-corrected chi connectivity index (χ2v) is 9.83. The van der Waals surface area contributed by atoms with Crippen molar-refractivity contribution >= 4 is 15.2 Å². The fraction of sp³-hybridized carbons (Fsp3) is 1.00. The maximum absolute atomic E-state index is 12.3. The topological polar surface area (TPSA) is 71.1 Å². The van der Waals surface area contributed by atoms with Gasteiger partial charge < -0.3 is 18.1 Å². The summed E-state index contributed by atoms with van der Waals surface area (Å²) >= 11 is 0. The van der Waals surface area contributed by atoms with Gasteiger partial charge in [0.05, 0.1) is 38.8 Å². The van der Waals surface area contributed by atoms with Crippen LogP contribution >= 0.6 is 15.2 Å². The number of unbranched alkanes of at least 4 members (excludes halogenated alkanes) is 5. The summed E-state index contributed by atoms with van der Waals surface area (Å²) in [5, 5.41) is 0. The molecule has 8 heteroatoms. The van der Waals surface area contributed by atoms with Gasteiger partial charge in [0.2, 0.25) is 0 Å². The standard InChI is InChI=1S/C16H36O6P2/c1-5-19-23(17,20-6-2)15-13-11-9-10-12-14-16-24(18,21-7-3)22-8-4/h5-16H2,1-4H3. The van der Waals surface area contributed by atoms with Crippen LogP contribution in [0.4, 0.5) is 0 Å². The van der Waals surface area contributed by atoms with Crippen LogP contribution in [0, 0.1) is 0 Å². The summed E-state index contributed by atoms with van der Waals surface area (Å²) in [4.78, 5) is 0. The van der Waals surface area contributed by atoms with E-state index in [1.807, 2.05) is 27.7 Å². The molecule has 0 saturated heterocycles. The van der Waals surface area contributed by atoms with Crippen molar-refractivity contribution in [2.45, 2.75) is 66.2 Å². The van der Waals surface area contributed by atoms with E-state index < -0.39 is 15.2 Å². The van der Waals surface area contributed by atoms with Gasteiger partial charge in [-0.15, -0.1) is 0 Å². The highest BCUT2D eigenvalue weighted by Crippen LogP contribution is 2.49. The molecule has 0 N–H and O–H groups in total. The molecule has 24 heavy (non-hydrogen) atoms. The minimum absolute atomic E-state index is 0.414. The molecule has 0 aromatic carbocycles. The average molecular weight is 386 g/mol. The largest absolute Gasteiger partial charge is 0.330 e. The molecule has 146 valence electrons. The molecule has 0 heterocycles. The third kappa shape index (κ3) is 11.8. The average Bonchev–Trinajstić information content (AvgIpc) is 2.51. The van der Waals surface area contributed by atoms with Crippen LogP contribution in [0.3, 0.4) is 0 Å². The first kappa shape index (κ1) is 24.3. The second-order valence-electron chi connectivity index (χ2n) is 5.46. The molecule has 0 aliphatic rings. The first-order valence-corrected chi connectivity index (χ1v) is 12.7. The van der Waals surface area contributed by atoms with Gasteiger partial charge in [-0.05, 0) is 40.5 Å². The van der Waals surface area contributed by atoms with Crippen molar-refractivity contribution in [1.82, 2.24) is 0 Å². The van der Waals surface area contributed by atoms with Crippen molar-refractivity contribution in [2.75, 3.05) is 38.8 Å².